The molecule has 0 aromatic heterocycles. The Balaban J connectivity index is 4.21. The largest absolute Gasteiger partial charge is 0.392 e. The third-order valence-corrected chi connectivity index (χ3v) is 2.23. The van der Waals surface area contributed by atoms with Crippen LogP contribution >= 0.6 is 0 Å². The van der Waals surface area contributed by atoms with Crippen LogP contribution in [0.5, 0.6) is 0 Å². The van der Waals surface area contributed by atoms with E-state index in [1.54, 1.807) is 0 Å². The molecule has 5 nitrogen and oxygen atoms in total. The molecule has 0 rings (SSSR count). The summed E-state index contributed by atoms with van der Waals surface area (Å²) >= 11 is 0. The lowest BCUT2D eigenvalue weighted by Gasteiger charge is -2.36. The number of aliphatic hydroxyl groups is 1. The second-order valence-electron chi connectivity index (χ2n) is 4.68. The van der Waals surface area contributed by atoms with Gasteiger partial charge in [-0.2, -0.15) is 0 Å². The molecule has 0 bridgehead atoms. The number of azide groups is 1. The lowest BCUT2D eigenvalue weighted by atomic mass is 10.0. The highest BCUT2D eigenvalue weighted by Crippen LogP contribution is 2.14. The Kier molecular flexibility index (Phi) is 6.32. The first-order valence-electron chi connectivity index (χ1n) is 5.35. The van der Waals surface area contributed by atoms with Crippen molar-refractivity contribution in [3.63, 3.8) is 0 Å². The highest BCUT2D eigenvalue weighted by Gasteiger charge is 2.22. The molecule has 0 saturated carbocycles. The van der Waals surface area contributed by atoms with Gasteiger partial charge in [-0.3, -0.25) is 4.90 Å². The second kappa shape index (κ2) is 6.67. The van der Waals surface area contributed by atoms with Crippen molar-refractivity contribution in [1.29, 1.82) is 0 Å². The van der Waals surface area contributed by atoms with Crippen molar-refractivity contribution < 1.29 is 5.11 Å². The fourth-order valence-corrected chi connectivity index (χ4v) is 1.41. The third kappa shape index (κ3) is 6.33. The first kappa shape index (κ1) is 14.2. The third-order valence-electron chi connectivity index (χ3n) is 2.23. The summed E-state index contributed by atoms with van der Waals surface area (Å²) in [6.45, 7) is 10.1. The van der Waals surface area contributed by atoms with Gasteiger partial charge in [0.15, 0.2) is 0 Å². The van der Waals surface area contributed by atoms with Crippen molar-refractivity contribution in [2.24, 2.45) is 5.11 Å². The van der Waals surface area contributed by atoms with Crippen molar-refractivity contribution in [2.45, 2.75) is 45.8 Å². The van der Waals surface area contributed by atoms with Crippen molar-refractivity contribution in [3.8, 4) is 0 Å². The highest BCUT2D eigenvalue weighted by atomic mass is 16.3. The molecule has 0 saturated heterocycles. The Morgan fingerprint density at radius 2 is 2.07 bits per heavy atom. The molecule has 0 unspecified atom stereocenters. The quantitative estimate of drug-likeness (QED) is 0.418. The molecule has 0 radical (unpaired) electrons. The van der Waals surface area contributed by atoms with E-state index in [0.29, 0.717) is 6.54 Å². The molecule has 0 spiro atoms. The minimum Gasteiger partial charge on any atom is -0.392 e. The van der Waals surface area contributed by atoms with Gasteiger partial charge in [0, 0.05) is 17.0 Å². The Labute approximate surface area is 91.7 Å². The number of hydrogen-bond donors (Lipinski definition) is 1. The topological polar surface area (TPSA) is 72.2 Å². The van der Waals surface area contributed by atoms with E-state index in [1.165, 1.54) is 0 Å². The van der Waals surface area contributed by atoms with Crippen LogP contribution < -0.4 is 0 Å². The SMILES string of the molecule is CCCN(C[C@@H](O)CN=[N+]=[N-])C(C)(C)C. The molecule has 0 aromatic carbocycles. The number of hydrogen-bond acceptors (Lipinski definition) is 3. The monoisotopic (exact) mass is 214 g/mol. The molecule has 0 aliphatic rings. The minimum atomic E-state index is -0.577. The van der Waals surface area contributed by atoms with Crippen LogP contribution in [0.25, 0.3) is 10.4 Å². The van der Waals surface area contributed by atoms with E-state index in [1.807, 2.05) is 0 Å². The van der Waals surface area contributed by atoms with Gasteiger partial charge in [-0.25, -0.2) is 0 Å². The van der Waals surface area contributed by atoms with Gasteiger partial charge in [0.05, 0.1) is 12.6 Å². The van der Waals surface area contributed by atoms with Gasteiger partial charge in [-0.05, 0) is 39.3 Å². The molecular weight excluding hydrogens is 192 g/mol. The van der Waals surface area contributed by atoms with Gasteiger partial charge in [0.25, 0.3) is 0 Å². The summed E-state index contributed by atoms with van der Waals surface area (Å²) in [6.07, 6.45) is 0.470. The van der Waals surface area contributed by atoms with E-state index in [2.05, 4.69) is 42.6 Å². The van der Waals surface area contributed by atoms with Crippen molar-refractivity contribution in [2.75, 3.05) is 19.6 Å². The number of β-amino-alcohol motifs (C(OH)–C–C–N with tert-alkyl or cyclic N) is 1. The van der Waals surface area contributed by atoms with Crippen LogP contribution in [0.15, 0.2) is 5.11 Å². The highest BCUT2D eigenvalue weighted by molar-refractivity contribution is 4.78. The number of aliphatic hydroxyl groups excluding tert-OH is 1. The van der Waals surface area contributed by atoms with E-state index < -0.39 is 6.10 Å². The van der Waals surface area contributed by atoms with E-state index in [-0.39, 0.29) is 12.1 Å². The van der Waals surface area contributed by atoms with Gasteiger partial charge >= 0.3 is 0 Å². The molecule has 0 aromatic rings. The predicted molar refractivity (Wildman–Crippen MR) is 61.6 cm³/mol. The maximum atomic E-state index is 9.63. The van der Waals surface area contributed by atoms with Crippen LogP contribution in [0, 0.1) is 0 Å². The lowest BCUT2D eigenvalue weighted by Crippen LogP contribution is -2.46. The normalized spacial score (nSPS) is 13.7. The Morgan fingerprint density at radius 3 is 2.47 bits per heavy atom. The van der Waals surface area contributed by atoms with Crippen molar-refractivity contribution in [1.82, 2.24) is 4.90 Å². The molecule has 1 atom stereocenters. The zero-order valence-corrected chi connectivity index (χ0v) is 10.1. The van der Waals surface area contributed by atoms with Gasteiger partial charge in [0.2, 0.25) is 0 Å². The molecular formula is C10H22N4O. The Hall–Kier alpha value is -0.770. The van der Waals surface area contributed by atoms with E-state index in [0.717, 1.165) is 13.0 Å². The first-order valence-corrected chi connectivity index (χ1v) is 5.35. The van der Waals surface area contributed by atoms with Crippen molar-refractivity contribution >= 4 is 0 Å². The zero-order chi connectivity index (χ0) is 11.9. The van der Waals surface area contributed by atoms with Crippen molar-refractivity contribution in [3.05, 3.63) is 10.4 Å². The summed E-state index contributed by atoms with van der Waals surface area (Å²) in [6, 6.07) is 0. The molecule has 5 heteroatoms. The van der Waals surface area contributed by atoms with E-state index >= 15 is 0 Å². The summed E-state index contributed by atoms with van der Waals surface area (Å²) in [4.78, 5) is 4.84. The van der Waals surface area contributed by atoms with Crippen LogP contribution in [-0.4, -0.2) is 41.3 Å². The maximum Gasteiger partial charge on any atom is 0.0723 e. The van der Waals surface area contributed by atoms with Gasteiger partial charge < -0.3 is 5.11 Å². The average molecular weight is 214 g/mol. The van der Waals surface area contributed by atoms with Crippen LogP contribution in [0.1, 0.15) is 34.1 Å². The zero-order valence-electron chi connectivity index (χ0n) is 10.1. The van der Waals surface area contributed by atoms with Gasteiger partial charge in [-0.1, -0.05) is 12.0 Å². The van der Waals surface area contributed by atoms with Gasteiger partial charge in [0.1, 0.15) is 0 Å². The number of rotatable bonds is 6. The number of nitrogens with zero attached hydrogens (tertiary/aromatic N) is 4. The summed E-state index contributed by atoms with van der Waals surface area (Å²) in [5.41, 5.74) is 8.18. The van der Waals surface area contributed by atoms with Crippen LogP contribution in [0.4, 0.5) is 0 Å². The smallest absolute Gasteiger partial charge is 0.0723 e. The summed E-state index contributed by atoms with van der Waals surface area (Å²) in [5, 5.41) is 13.0. The Morgan fingerprint density at radius 1 is 1.47 bits per heavy atom. The fourth-order valence-electron chi connectivity index (χ4n) is 1.41. The molecule has 88 valence electrons. The molecule has 0 amide bonds. The molecule has 0 fully saturated rings. The molecule has 15 heavy (non-hydrogen) atoms. The molecule has 0 aliphatic heterocycles. The average Bonchev–Trinajstić information content (AvgIpc) is 2.12. The first-order chi connectivity index (χ1) is 6.91. The van der Waals surface area contributed by atoms with E-state index in [9.17, 15) is 5.11 Å². The minimum absolute atomic E-state index is 0.0351. The van der Waals surface area contributed by atoms with E-state index in [4.69, 9.17) is 5.53 Å². The fraction of sp³-hybridized carbons (Fsp3) is 1.00. The second-order valence-corrected chi connectivity index (χ2v) is 4.68. The molecule has 0 heterocycles. The lowest BCUT2D eigenvalue weighted by molar-refractivity contribution is 0.0629. The van der Waals surface area contributed by atoms with Gasteiger partial charge in [-0.15, -0.1) is 0 Å². The summed E-state index contributed by atoms with van der Waals surface area (Å²) in [7, 11) is 0. The van der Waals surface area contributed by atoms with Crippen LogP contribution in [-0.2, 0) is 0 Å². The predicted octanol–water partition coefficient (Wildman–Crippen LogP) is 2.17. The maximum absolute atomic E-state index is 9.63. The molecule has 0 aliphatic carbocycles. The standard InChI is InChI=1S/C10H22N4O/c1-5-6-14(10(2,3)4)8-9(15)7-12-13-11/h9,15H,5-8H2,1-4H3/t9-/m0/s1. The Bertz CT molecular complexity index is 218. The summed E-state index contributed by atoms with van der Waals surface area (Å²) < 4.78 is 0. The van der Waals surface area contributed by atoms with Crippen LogP contribution in [0.2, 0.25) is 0 Å². The summed E-state index contributed by atoms with van der Waals surface area (Å²) in [5.74, 6) is 0. The van der Waals surface area contributed by atoms with Crippen LogP contribution in [0.3, 0.4) is 0 Å². The molecule has 1 N–H and O–H groups in total.